The van der Waals surface area contributed by atoms with Crippen LogP contribution in [0, 0.1) is 8.70 Å². The maximum Gasteiger partial charge on any atom is 0.145 e. The number of rotatable bonds is 3. The molecule has 0 aliphatic rings. The molecule has 17 heavy (non-hydrogen) atoms. The maximum atomic E-state index is 13.7. The highest BCUT2D eigenvalue weighted by Crippen LogP contribution is 2.26. The van der Waals surface area contributed by atoms with Crippen molar-refractivity contribution in [3.63, 3.8) is 0 Å². The zero-order valence-electron chi connectivity index (χ0n) is 8.79. The Morgan fingerprint density at radius 1 is 1.47 bits per heavy atom. The number of benzene rings is 1. The monoisotopic (exact) mass is 381 g/mol. The molecule has 0 amide bonds. The first-order valence-corrected chi connectivity index (χ1v) is 7.34. The lowest BCUT2D eigenvalue weighted by Gasteiger charge is -2.11. The molecule has 2 rings (SSSR count). The first kappa shape index (κ1) is 13.3. The van der Waals surface area contributed by atoms with Crippen LogP contribution in [0.3, 0.4) is 0 Å². The minimum absolute atomic E-state index is 0.148. The molecule has 0 saturated heterocycles. The second kappa shape index (κ2) is 5.65. The summed E-state index contributed by atoms with van der Waals surface area (Å²) in [5.74, 6) is -0.366. The highest BCUT2D eigenvalue weighted by molar-refractivity contribution is 14.1. The van der Waals surface area contributed by atoms with Crippen LogP contribution in [0.1, 0.15) is 17.2 Å². The molecule has 2 N–H and O–H groups in total. The third-order valence-electron chi connectivity index (χ3n) is 2.49. The molecule has 0 fully saturated rings. The Labute approximate surface area is 122 Å². The fraction of sp³-hybridized carbons (Fsp3) is 0.167. The third-order valence-corrected chi connectivity index (χ3v) is 4.59. The van der Waals surface area contributed by atoms with Crippen LogP contribution in [0.2, 0.25) is 5.02 Å². The van der Waals surface area contributed by atoms with Crippen molar-refractivity contribution < 1.29 is 4.39 Å². The molecule has 0 aliphatic heterocycles. The SMILES string of the molecule is NC(Cc1cccc(Cl)c1F)c1csc(I)c1. The second-order valence-electron chi connectivity index (χ2n) is 3.71. The van der Waals surface area contributed by atoms with Gasteiger partial charge in [-0.1, -0.05) is 23.7 Å². The van der Waals surface area contributed by atoms with Crippen molar-refractivity contribution in [1.29, 1.82) is 0 Å². The fourth-order valence-corrected chi connectivity index (χ4v) is 3.21. The zero-order chi connectivity index (χ0) is 12.4. The molecule has 1 atom stereocenters. The van der Waals surface area contributed by atoms with E-state index >= 15 is 0 Å². The van der Waals surface area contributed by atoms with Crippen molar-refractivity contribution in [2.75, 3.05) is 0 Å². The average molecular weight is 382 g/mol. The van der Waals surface area contributed by atoms with Gasteiger partial charge in [-0.25, -0.2) is 4.39 Å². The average Bonchev–Trinajstić information content (AvgIpc) is 2.72. The van der Waals surface area contributed by atoms with Crippen molar-refractivity contribution in [3.8, 4) is 0 Å². The van der Waals surface area contributed by atoms with E-state index in [1.165, 1.54) is 2.88 Å². The largest absolute Gasteiger partial charge is 0.324 e. The number of halogens is 3. The van der Waals surface area contributed by atoms with Crippen LogP contribution in [-0.2, 0) is 6.42 Å². The highest BCUT2D eigenvalue weighted by Gasteiger charge is 2.13. The molecule has 5 heteroatoms. The van der Waals surface area contributed by atoms with Gasteiger partial charge in [0.25, 0.3) is 0 Å². The van der Waals surface area contributed by atoms with Gasteiger partial charge in [0.05, 0.1) is 7.91 Å². The minimum Gasteiger partial charge on any atom is -0.324 e. The van der Waals surface area contributed by atoms with Gasteiger partial charge in [-0.15, -0.1) is 11.3 Å². The quantitative estimate of drug-likeness (QED) is 0.784. The first-order valence-electron chi connectivity index (χ1n) is 5.00. The van der Waals surface area contributed by atoms with Crippen LogP contribution in [0.15, 0.2) is 29.6 Å². The van der Waals surface area contributed by atoms with Crippen molar-refractivity contribution in [1.82, 2.24) is 0 Å². The highest BCUT2D eigenvalue weighted by atomic mass is 127. The Bertz CT molecular complexity index is 529. The standard InChI is InChI=1S/C12H10ClFINS/c13-9-3-1-2-7(12(9)14)4-10(16)8-5-11(15)17-6-8/h1-3,5-6,10H,4,16H2. The van der Waals surface area contributed by atoms with Gasteiger partial charge in [0.2, 0.25) is 0 Å². The summed E-state index contributed by atoms with van der Waals surface area (Å²) in [4.78, 5) is 0. The van der Waals surface area contributed by atoms with Gasteiger partial charge in [0.1, 0.15) is 5.82 Å². The lowest BCUT2D eigenvalue weighted by molar-refractivity contribution is 0.594. The molecule has 1 aromatic heterocycles. The smallest absolute Gasteiger partial charge is 0.145 e. The fourth-order valence-electron chi connectivity index (χ4n) is 1.58. The van der Waals surface area contributed by atoms with E-state index in [9.17, 15) is 4.39 Å². The molecule has 1 aromatic carbocycles. The van der Waals surface area contributed by atoms with Crippen LogP contribution in [0.25, 0.3) is 0 Å². The summed E-state index contributed by atoms with van der Waals surface area (Å²) in [5.41, 5.74) is 7.65. The van der Waals surface area contributed by atoms with Crippen molar-refractivity contribution in [3.05, 3.63) is 54.5 Å². The maximum absolute atomic E-state index is 13.7. The second-order valence-corrected chi connectivity index (χ2v) is 6.92. The number of thiophene rings is 1. The minimum atomic E-state index is -0.366. The van der Waals surface area contributed by atoms with E-state index in [-0.39, 0.29) is 16.9 Å². The van der Waals surface area contributed by atoms with Crippen molar-refractivity contribution in [2.45, 2.75) is 12.5 Å². The summed E-state index contributed by atoms with van der Waals surface area (Å²) in [6.07, 6.45) is 0.458. The summed E-state index contributed by atoms with van der Waals surface area (Å²) in [7, 11) is 0. The van der Waals surface area contributed by atoms with Gasteiger partial charge in [-0.3, -0.25) is 0 Å². The number of hydrogen-bond acceptors (Lipinski definition) is 2. The van der Waals surface area contributed by atoms with Gasteiger partial charge in [-0.05, 0) is 57.7 Å². The van der Waals surface area contributed by atoms with E-state index in [1.807, 2.05) is 11.4 Å². The van der Waals surface area contributed by atoms with Crippen LogP contribution < -0.4 is 5.73 Å². The molecule has 1 heterocycles. The Balaban J connectivity index is 2.18. The van der Waals surface area contributed by atoms with Crippen LogP contribution in [0.4, 0.5) is 4.39 Å². The molecule has 0 spiro atoms. The van der Waals surface area contributed by atoms with E-state index in [4.69, 9.17) is 17.3 Å². The van der Waals surface area contributed by atoms with E-state index < -0.39 is 0 Å². The van der Waals surface area contributed by atoms with Gasteiger partial charge >= 0.3 is 0 Å². The van der Waals surface area contributed by atoms with Gasteiger partial charge in [0.15, 0.2) is 0 Å². The molecule has 0 bridgehead atoms. The molecule has 1 nitrogen and oxygen atoms in total. The van der Waals surface area contributed by atoms with Crippen molar-refractivity contribution in [2.24, 2.45) is 5.73 Å². The predicted octanol–water partition coefficient (Wildman–Crippen LogP) is 4.39. The Morgan fingerprint density at radius 3 is 2.88 bits per heavy atom. The molecular weight excluding hydrogens is 372 g/mol. The number of nitrogens with two attached hydrogens (primary N) is 1. The van der Waals surface area contributed by atoms with Gasteiger partial charge in [0, 0.05) is 6.04 Å². The summed E-state index contributed by atoms with van der Waals surface area (Å²) >= 11 is 9.61. The van der Waals surface area contributed by atoms with Crippen LogP contribution in [0.5, 0.6) is 0 Å². The van der Waals surface area contributed by atoms with Crippen LogP contribution in [-0.4, -0.2) is 0 Å². The van der Waals surface area contributed by atoms with E-state index in [0.29, 0.717) is 12.0 Å². The van der Waals surface area contributed by atoms with Crippen LogP contribution >= 0.6 is 45.5 Å². The van der Waals surface area contributed by atoms with E-state index in [2.05, 4.69) is 22.6 Å². The molecular formula is C12H10ClFINS. The Morgan fingerprint density at radius 2 is 2.24 bits per heavy atom. The van der Waals surface area contributed by atoms with Gasteiger partial charge in [-0.2, -0.15) is 0 Å². The zero-order valence-corrected chi connectivity index (χ0v) is 12.5. The third kappa shape index (κ3) is 3.19. The van der Waals surface area contributed by atoms with Crippen molar-refractivity contribution >= 4 is 45.5 Å². The molecule has 2 aromatic rings. The molecule has 0 saturated carbocycles. The van der Waals surface area contributed by atoms with E-state index in [0.717, 1.165) is 5.56 Å². The normalized spacial score (nSPS) is 12.7. The summed E-state index contributed by atoms with van der Waals surface area (Å²) in [6.45, 7) is 0. The predicted molar refractivity (Wildman–Crippen MR) is 79.1 cm³/mol. The topological polar surface area (TPSA) is 26.0 Å². The lowest BCUT2D eigenvalue weighted by atomic mass is 10.0. The number of hydrogen-bond donors (Lipinski definition) is 1. The lowest BCUT2D eigenvalue weighted by Crippen LogP contribution is -2.13. The summed E-state index contributed by atoms with van der Waals surface area (Å²) in [5, 5.41) is 2.16. The summed E-state index contributed by atoms with van der Waals surface area (Å²) < 4.78 is 14.9. The summed E-state index contributed by atoms with van der Waals surface area (Å²) in [6, 6.07) is 6.84. The van der Waals surface area contributed by atoms with E-state index in [1.54, 1.807) is 29.5 Å². The van der Waals surface area contributed by atoms with Gasteiger partial charge < -0.3 is 5.73 Å². The Hall–Kier alpha value is -0.170. The molecule has 0 radical (unpaired) electrons. The first-order chi connectivity index (χ1) is 8.08. The molecule has 1 unspecified atom stereocenters. The molecule has 90 valence electrons. The Kier molecular flexibility index (Phi) is 4.41. The molecule has 0 aliphatic carbocycles.